The molecule has 1 aliphatic heterocycles. The average Bonchev–Trinajstić information content (AvgIpc) is 3.43. The summed E-state index contributed by atoms with van der Waals surface area (Å²) in [5, 5.41) is 17.0. The molecule has 2 aromatic carbocycles. The van der Waals surface area contributed by atoms with E-state index in [0.717, 1.165) is 22.4 Å². The highest BCUT2D eigenvalue weighted by molar-refractivity contribution is 5.85. The molecule has 0 aliphatic carbocycles. The first-order valence-corrected chi connectivity index (χ1v) is 10.8. The number of aryl methyl sites for hydroxylation is 2. The molecule has 34 heavy (non-hydrogen) atoms. The van der Waals surface area contributed by atoms with Crippen molar-refractivity contribution in [3.63, 3.8) is 0 Å². The van der Waals surface area contributed by atoms with Crippen LogP contribution in [-0.4, -0.2) is 64.4 Å². The number of aliphatic carboxylic acids is 1. The predicted molar refractivity (Wildman–Crippen MR) is 124 cm³/mol. The zero-order chi connectivity index (χ0) is 24.4. The van der Waals surface area contributed by atoms with Gasteiger partial charge in [0.05, 0.1) is 13.7 Å². The molecule has 0 saturated carbocycles. The molecule has 0 spiro atoms. The molecule has 1 aromatic heterocycles. The molecule has 0 fully saturated rings. The Morgan fingerprint density at radius 1 is 1.12 bits per heavy atom. The number of amides is 1. The van der Waals surface area contributed by atoms with E-state index in [-0.39, 0.29) is 19.0 Å². The lowest BCUT2D eigenvalue weighted by atomic mass is 10.1. The number of nitrogens with zero attached hydrogens (tertiary/aromatic N) is 5. The zero-order valence-electron chi connectivity index (χ0n) is 19.6. The van der Waals surface area contributed by atoms with Crippen molar-refractivity contribution in [2.45, 2.75) is 26.9 Å². The highest BCUT2D eigenvalue weighted by Gasteiger charge is 2.27. The van der Waals surface area contributed by atoms with Gasteiger partial charge in [-0.25, -0.2) is 5.01 Å². The van der Waals surface area contributed by atoms with Crippen LogP contribution in [-0.2, 0) is 22.7 Å². The number of aromatic nitrogens is 2. The molecule has 178 valence electrons. The molecular formula is C24H27N5O5. The summed E-state index contributed by atoms with van der Waals surface area (Å²) in [4.78, 5) is 30.7. The second-order valence-electron chi connectivity index (χ2n) is 8.26. The number of carboxylic acid groups (broad SMARTS) is 1. The number of ether oxygens (including phenoxy) is 1. The Kier molecular flexibility index (Phi) is 6.51. The summed E-state index contributed by atoms with van der Waals surface area (Å²) in [7, 11) is 3.33. The molecule has 0 radical (unpaired) electrons. The van der Waals surface area contributed by atoms with Crippen molar-refractivity contribution in [2.75, 3.05) is 32.1 Å². The Balaban J connectivity index is 1.53. The Morgan fingerprint density at radius 3 is 2.56 bits per heavy atom. The Morgan fingerprint density at radius 2 is 1.88 bits per heavy atom. The lowest BCUT2D eigenvalue weighted by Gasteiger charge is -2.31. The molecule has 1 amide bonds. The zero-order valence-corrected chi connectivity index (χ0v) is 19.6. The number of likely N-dealkylation sites (N-methyl/N-ethyl adjacent to an activating group) is 1. The predicted octanol–water partition coefficient (Wildman–Crippen LogP) is 2.64. The van der Waals surface area contributed by atoms with Crippen molar-refractivity contribution in [1.82, 2.24) is 20.2 Å². The van der Waals surface area contributed by atoms with Crippen molar-refractivity contribution in [2.24, 2.45) is 0 Å². The summed E-state index contributed by atoms with van der Waals surface area (Å²) >= 11 is 0. The fourth-order valence-corrected chi connectivity index (χ4v) is 4.01. The second kappa shape index (κ2) is 9.52. The van der Waals surface area contributed by atoms with Crippen LogP contribution in [0.4, 0.5) is 5.69 Å². The van der Waals surface area contributed by atoms with Gasteiger partial charge in [-0.2, -0.15) is 4.98 Å². The van der Waals surface area contributed by atoms with Gasteiger partial charge in [0.2, 0.25) is 11.7 Å². The van der Waals surface area contributed by atoms with E-state index in [2.05, 4.69) is 10.1 Å². The summed E-state index contributed by atoms with van der Waals surface area (Å²) in [6.07, 6.45) is 0. The van der Waals surface area contributed by atoms with Crippen LogP contribution in [0.1, 0.15) is 22.6 Å². The van der Waals surface area contributed by atoms with Crippen LogP contribution in [0.15, 0.2) is 40.9 Å². The van der Waals surface area contributed by atoms with Crippen molar-refractivity contribution in [3.8, 4) is 17.1 Å². The monoisotopic (exact) mass is 465 g/mol. The highest BCUT2D eigenvalue weighted by atomic mass is 16.5. The first-order valence-electron chi connectivity index (χ1n) is 10.8. The van der Waals surface area contributed by atoms with Gasteiger partial charge in [-0.05, 0) is 41.8 Å². The topological polar surface area (TPSA) is 112 Å². The van der Waals surface area contributed by atoms with Gasteiger partial charge >= 0.3 is 5.97 Å². The Bertz CT molecular complexity index is 1220. The number of hydrogen-bond acceptors (Lipinski definition) is 8. The summed E-state index contributed by atoms with van der Waals surface area (Å²) in [6, 6.07) is 11.3. The van der Waals surface area contributed by atoms with Gasteiger partial charge < -0.3 is 19.3 Å². The maximum atomic E-state index is 13.2. The molecule has 10 nitrogen and oxygen atoms in total. The maximum absolute atomic E-state index is 13.2. The van der Waals surface area contributed by atoms with E-state index in [1.807, 2.05) is 42.3 Å². The van der Waals surface area contributed by atoms with Gasteiger partial charge in [0.25, 0.3) is 5.91 Å². The summed E-state index contributed by atoms with van der Waals surface area (Å²) in [6.45, 7) is 4.30. The molecular weight excluding hydrogens is 438 g/mol. The Hall–Kier alpha value is -3.92. The minimum Gasteiger partial charge on any atom is -0.497 e. The van der Waals surface area contributed by atoms with E-state index in [4.69, 9.17) is 9.26 Å². The molecule has 1 N–H and O–H groups in total. The van der Waals surface area contributed by atoms with Gasteiger partial charge in [0, 0.05) is 38.3 Å². The fraction of sp³-hybridized carbons (Fsp3) is 0.333. The minimum absolute atomic E-state index is 0.103. The average molecular weight is 466 g/mol. The maximum Gasteiger partial charge on any atom is 0.323 e. The molecule has 10 heteroatoms. The minimum atomic E-state index is -1.03. The third-order valence-electron chi connectivity index (χ3n) is 5.89. The van der Waals surface area contributed by atoms with Gasteiger partial charge in [0.15, 0.2) is 0 Å². The van der Waals surface area contributed by atoms with E-state index in [0.29, 0.717) is 36.1 Å². The van der Waals surface area contributed by atoms with Crippen molar-refractivity contribution >= 4 is 17.6 Å². The van der Waals surface area contributed by atoms with E-state index in [1.165, 1.54) is 0 Å². The van der Waals surface area contributed by atoms with Crippen molar-refractivity contribution in [1.29, 1.82) is 0 Å². The van der Waals surface area contributed by atoms with Crippen LogP contribution in [0.25, 0.3) is 11.4 Å². The van der Waals surface area contributed by atoms with Crippen LogP contribution in [0, 0.1) is 13.8 Å². The molecule has 2 heterocycles. The number of benzene rings is 2. The van der Waals surface area contributed by atoms with Crippen molar-refractivity contribution < 1.29 is 24.0 Å². The number of rotatable bonds is 8. The number of fused-ring (bicyclic) bond motifs is 1. The van der Waals surface area contributed by atoms with E-state index in [9.17, 15) is 14.7 Å². The standard InChI is InChI=1S/C24H27N5O5/c1-15-5-6-17(24-25-16(2)34-26-24)10-21(15)28(14-23(31)32)13-22(30)27(3)29-11-18-7-8-20(33-4)9-19(18)12-29/h5-10H,11-14H2,1-4H3,(H,31,32). The lowest BCUT2D eigenvalue weighted by Crippen LogP contribution is -2.47. The van der Waals surface area contributed by atoms with Crippen LogP contribution in [0.3, 0.4) is 0 Å². The van der Waals surface area contributed by atoms with Gasteiger partial charge in [-0.3, -0.25) is 14.6 Å². The highest BCUT2D eigenvalue weighted by Crippen LogP contribution is 2.29. The molecule has 1 aliphatic rings. The Labute approximate surface area is 197 Å². The van der Waals surface area contributed by atoms with E-state index < -0.39 is 5.97 Å². The smallest absolute Gasteiger partial charge is 0.323 e. The third-order valence-corrected chi connectivity index (χ3v) is 5.89. The van der Waals surface area contributed by atoms with Gasteiger partial charge in [-0.15, -0.1) is 0 Å². The second-order valence-corrected chi connectivity index (χ2v) is 8.26. The number of methoxy groups -OCH3 is 1. The number of hydrogen-bond donors (Lipinski definition) is 1. The summed E-state index contributed by atoms with van der Waals surface area (Å²) < 4.78 is 10.4. The van der Waals surface area contributed by atoms with Crippen LogP contribution < -0.4 is 9.64 Å². The molecule has 3 aromatic rings. The molecule has 0 unspecified atom stereocenters. The molecule has 4 rings (SSSR count). The van der Waals surface area contributed by atoms with Crippen LogP contribution >= 0.6 is 0 Å². The van der Waals surface area contributed by atoms with E-state index >= 15 is 0 Å². The number of anilines is 1. The van der Waals surface area contributed by atoms with Crippen molar-refractivity contribution in [3.05, 3.63) is 59.0 Å². The normalized spacial score (nSPS) is 12.9. The summed E-state index contributed by atoms with van der Waals surface area (Å²) in [5.41, 5.74) is 4.36. The third kappa shape index (κ3) is 4.86. The van der Waals surface area contributed by atoms with Crippen LogP contribution in [0.5, 0.6) is 5.75 Å². The van der Waals surface area contributed by atoms with E-state index in [1.54, 1.807) is 37.1 Å². The first kappa shape index (κ1) is 23.2. The van der Waals surface area contributed by atoms with Crippen LogP contribution in [0.2, 0.25) is 0 Å². The molecule has 0 atom stereocenters. The SMILES string of the molecule is COc1ccc2c(c1)CN(N(C)C(=O)CN(CC(=O)O)c1cc(-c3noc(C)n3)ccc1C)C2. The fourth-order valence-electron chi connectivity index (χ4n) is 4.01. The summed E-state index contributed by atoms with van der Waals surface area (Å²) in [5.74, 6) is 0.357. The largest absolute Gasteiger partial charge is 0.497 e. The molecule has 0 bridgehead atoms. The van der Waals surface area contributed by atoms with Gasteiger partial charge in [0.1, 0.15) is 12.3 Å². The first-order chi connectivity index (χ1) is 16.2. The van der Waals surface area contributed by atoms with Gasteiger partial charge in [-0.1, -0.05) is 23.4 Å². The molecule has 0 saturated heterocycles. The quantitative estimate of drug-likeness (QED) is 0.536. The lowest BCUT2D eigenvalue weighted by molar-refractivity contribution is -0.145. The number of carbonyl (C=O) groups is 2. The number of carboxylic acids is 1. The number of hydrazine groups is 1. The number of carbonyl (C=O) groups excluding carboxylic acids is 1.